The summed E-state index contributed by atoms with van der Waals surface area (Å²) in [6, 6.07) is 0. The molecule has 0 aliphatic rings. The number of hydrogen-bond acceptors (Lipinski definition) is 3. The van der Waals surface area contributed by atoms with Crippen molar-refractivity contribution < 1.29 is 14.6 Å². The van der Waals surface area contributed by atoms with Crippen molar-refractivity contribution in [1.29, 1.82) is 0 Å². The SMILES string of the molecule is CCOC(=O)C[C@H](O)C=C(C)CCC=C(C)C. The van der Waals surface area contributed by atoms with E-state index in [2.05, 4.69) is 19.9 Å². The van der Waals surface area contributed by atoms with Gasteiger partial charge in [-0.05, 0) is 40.5 Å². The number of hydrogen-bond donors (Lipinski definition) is 1. The topological polar surface area (TPSA) is 46.5 Å². The van der Waals surface area contributed by atoms with Crippen LogP contribution in [0.5, 0.6) is 0 Å². The molecule has 0 aromatic heterocycles. The second-order valence-electron chi connectivity index (χ2n) is 4.41. The van der Waals surface area contributed by atoms with Gasteiger partial charge in [-0.3, -0.25) is 4.79 Å². The van der Waals surface area contributed by atoms with Gasteiger partial charge in [0.25, 0.3) is 0 Å². The van der Waals surface area contributed by atoms with Gasteiger partial charge in [0, 0.05) is 0 Å². The molecule has 0 amide bonds. The molecule has 0 aliphatic carbocycles. The lowest BCUT2D eigenvalue weighted by Gasteiger charge is -2.07. The largest absolute Gasteiger partial charge is 0.466 e. The van der Waals surface area contributed by atoms with E-state index in [9.17, 15) is 9.90 Å². The zero-order valence-electron chi connectivity index (χ0n) is 11.3. The Kier molecular flexibility index (Phi) is 8.42. The average molecular weight is 240 g/mol. The molecule has 0 fully saturated rings. The maximum atomic E-state index is 11.1. The predicted molar refractivity (Wildman–Crippen MR) is 69.7 cm³/mol. The Morgan fingerprint density at radius 2 is 2.00 bits per heavy atom. The van der Waals surface area contributed by atoms with Crippen LogP contribution < -0.4 is 0 Å². The Morgan fingerprint density at radius 3 is 2.53 bits per heavy atom. The molecule has 0 heterocycles. The normalized spacial score (nSPS) is 13.1. The van der Waals surface area contributed by atoms with Crippen molar-refractivity contribution in [2.75, 3.05) is 6.61 Å². The molecule has 1 N–H and O–H groups in total. The Labute approximate surface area is 104 Å². The van der Waals surface area contributed by atoms with E-state index in [0.29, 0.717) is 6.61 Å². The molecule has 0 bridgehead atoms. The van der Waals surface area contributed by atoms with Gasteiger partial charge in [0.2, 0.25) is 0 Å². The molecule has 0 saturated heterocycles. The fraction of sp³-hybridized carbons (Fsp3) is 0.643. The number of rotatable bonds is 7. The summed E-state index contributed by atoms with van der Waals surface area (Å²) < 4.78 is 4.77. The maximum Gasteiger partial charge on any atom is 0.308 e. The van der Waals surface area contributed by atoms with Crippen LogP contribution in [0.15, 0.2) is 23.3 Å². The number of ether oxygens (including phenoxy) is 1. The van der Waals surface area contributed by atoms with Crippen LogP contribution in [0.2, 0.25) is 0 Å². The Bertz CT molecular complexity index is 286. The molecule has 17 heavy (non-hydrogen) atoms. The molecular formula is C14H24O3. The molecule has 3 heteroatoms. The minimum atomic E-state index is -0.735. The summed E-state index contributed by atoms with van der Waals surface area (Å²) in [5.74, 6) is -0.353. The quantitative estimate of drug-likeness (QED) is 0.549. The highest BCUT2D eigenvalue weighted by molar-refractivity contribution is 5.70. The van der Waals surface area contributed by atoms with Crippen molar-refractivity contribution >= 4 is 5.97 Å². The van der Waals surface area contributed by atoms with Crippen LogP contribution in [-0.2, 0) is 9.53 Å². The van der Waals surface area contributed by atoms with Gasteiger partial charge in [0.1, 0.15) is 0 Å². The fourth-order valence-corrected chi connectivity index (χ4v) is 1.45. The van der Waals surface area contributed by atoms with Crippen molar-refractivity contribution in [3.8, 4) is 0 Å². The molecule has 3 nitrogen and oxygen atoms in total. The van der Waals surface area contributed by atoms with E-state index in [4.69, 9.17) is 4.74 Å². The smallest absolute Gasteiger partial charge is 0.308 e. The van der Waals surface area contributed by atoms with Crippen molar-refractivity contribution in [2.24, 2.45) is 0 Å². The Morgan fingerprint density at radius 1 is 1.35 bits per heavy atom. The lowest BCUT2D eigenvalue weighted by Crippen LogP contribution is -2.14. The van der Waals surface area contributed by atoms with Gasteiger partial charge in [-0.25, -0.2) is 0 Å². The number of carbonyl (C=O) groups excluding carboxylic acids is 1. The minimum Gasteiger partial charge on any atom is -0.466 e. The van der Waals surface area contributed by atoms with Crippen molar-refractivity contribution in [2.45, 2.75) is 53.1 Å². The molecular weight excluding hydrogens is 216 g/mol. The number of carbonyl (C=O) groups is 1. The first kappa shape index (κ1) is 15.9. The third-order valence-corrected chi connectivity index (χ3v) is 2.25. The Balaban J connectivity index is 4.01. The van der Waals surface area contributed by atoms with Gasteiger partial charge >= 0.3 is 5.97 Å². The second-order valence-corrected chi connectivity index (χ2v) is 4.41. The van der Waals surface area contributed by atoms with E-state index >= 15 is 0 Å². The zero-order chi connectivity index (χ0) is 13.3. The second kappa shape index (κ2) is 8.99. The summed E-state index contributed by atoms with van der Waals surface area (Å²) in [6.45, 7) is 8.20. The van der Waals surface area contributed by atoms with Crippen LogP contribution >= 0.6 is 0 Å². The molecule has 0 radical (unpaired) electrons. The molecule has 0 aliphatic heterocycles. The first-order chi connectivity index (χ1) is 7.95. The van der Waals surface area contributed by atoms with Crippen LogP contribution in [0, 0.1) is 0 Å². The number of aliphatic hydroxyl groups is 1. The molecule has 0 saturated carbocycles. The van der Waals surface area contributed by atoms with Gasteiger partial charge < -0.3 is 9.84 Å². The third kappa shape index (κ3) is 9.82. The van der Waals surface area contributed by atoms with Gasteiger partial charge in [0.15, 0.2) is 0 Å². The third-order valence-electron chi connectivity index (χ3n) is 2.25. The summed E-state index contributed by atoms with van der Waals surface area (Å²) in [4.78, 5) is 11.1. The predicted octanol–water partition coefficient (Wildman–Crippen LogP) is 2.99. The molecule has 0 aromatic rings. The number of allylic oxidation sites excluding steroid dienone is 3. The molecule has 0 spiro atoms. The lowest BCUT2D eigenvalue weighted by atomic mass is 10.1. The highest BCUT2D eigenvalue weighted by atomic mass is 16.5. The molecule has 1 atom stereocenters. The van der Waals surface area contributed by atoms with E-state index in [1.54, 1.807) is 13.0 Å². The maximum absolute atomic E-state index is 11.1. The van der Waals surface area contributed by atoms with E-state index in [-0.39, 0.29) is 12.4 Å². The van der Waals surface area contributed by atoms with Gasteiger partial charge in [-0.2, -0.15) is 0 Å². The summed E-state index contributed by atoms with van der Waals surface area (Å²) in [5, 5.41) is 9.63. The van der Waals surface area contributed by atoms with Crippen LogP contribution in [0.1, 0.15) is 47.0 Å². The van der Waals surface area contributed by atoms with Crippen molar-refractivity contribution in [3.05, 3.63) is 23.3 Å². The first-order valence-corrected chi connectivity index (χ1v) is 6.10. The highest BCUT2D eigenvalue weighted by Gasteiger charge is 2.08. The summed E-state index contributed by atoms with van der Waals surface area (Å²) >= 11 is 0. The molecule has 98 valence electrons. The Hall–Kier alpha value is -1.09. The zero-order valence-corrected chi connectivity index (χ0v) is 11.3. The monoisotopic (exact) mass is 240 g/mol. The van der Waals surface area contributed by atoms with E-state index in [0.717, 1.165) is 18.4 Å². The van der Waals surface area contributed by atoms with Crippen molar-refractivity contribution in [1.82, 2.24) is 0 Å². The van der Waals surface area contributed by atoms with E-state index in [1.807, 2.05) is 6.92 Å². The minimum absolute atomic E-state index is 0.0355. The first-order valence-electron chi connectivity index (χ1n) is 6.10. The lowest BCUT2D eigenvalue weighted by molar-refractivity contribution is -0.144. The number of aliphatic hydroxyl groups excluding tert-OH is 1. The van der Waals surface area contributed by atoms with Gasteiger partial charge in [0.05, 0.1) is 19.1 Å². The molecule has 0 rings (SSSR count). The van der Waals surface area contributed by atoms with Gasteiger partial charge in [-0.15, -0.1) is 0 Å². The fourth-order valence-electron chi connectivity index (χ4n) is 1.45. The van der Waals surface area contributed by atoms with Crippen LogP contribution in [0.3, 0.4) is 0 Å². The van der Waals surface area contributed by atoms with Crippen LogP contribution in [0.4, 0.5) is 0 Å². The van der Waals surface area contributed by atoms with Crippen LogP contribution in [-0.4, -0.2) is 23.8 Å². The van der Waals surface area contributed by atoms with Crippen molar-refractivity contribution in [3.63, 3.8) is 0 Å². The summed E-state index contributed by atoms with van der Waals surface area (Å²) in [5.41, 5.74) is 2.39. The average Bonchev–Trinajstić information content (AvgIpc) is 2.16. The number of esters is 1. The summed E-state index contributed by atoms with van der Waals surface area (Å²) in [6.07, 6.45) is 5.07. The van der Waals surface area contributed by atoms with E-state index < -0.39 is 6.10 Å². The van der Waals surface area contributed by atoms with Crippen LogP contribution in [0.25, 0.3) is 0 Å². The van der Waals surface area contributed by atoms with E-state index in [1.165, 1.54) is 5.57 Å². The summed E-state index contributed by atoms with van der Waals surface area (Å²) in [7, 11) is 0. The molecule has 0 unspecified atom stereocenters. The molecule has 0 aromatic carbocycles. The highest BCUT2D eigenvalue weighted by Crippen LogP contribution is 2.09. The standard InChI is InChI=1S/C14H24O3/c1-5-17-14(16)10-13(15)9-12(4)8-6-7-11(2)3/h7,9,13,15H,5-6,8,10H2,1-4H3/t13-/m1/s1. The van der Waals surface area contributed by atoms with Gasteiger partial charge in [-0.1, -0.05) is 23.3 Å².